The minimum absolute atomic E-state index is 0.152. The quantitative estimate of drug-likeness (QED) is 0.0195. The number of unbranched alkanes of at least 4 members (excludes halogenated alkanes) is 56. The van der Waals surface area contributed by atoms with Crippen LogP contribution < -0.4 is 5.11 Å². The zero-order valence-electron chi connectivity index (χ0n) is 60.3. The summed E-state index contributed by atoms with van der Waals surface area (Å²) in [6.07, 6.45) is 87.3. The summed E-state index contributed by atoms with van der Waals surface area (Å²) in [6.45, 7) is 4.83. The number of aliphatic carboxylic acids is 1. The molecular formula is C80H153NO8. The van der Waals surface area contributed by atoms with Gasteiger partial charge in [0.25, 0.3) is 0 Å². The predicted molar refractivity (Wildman–Crippen MR) is 380 cm³/mol. The Hall–Kier alpha value is -2.23. The first-order chi connectivity index (χ1) is 43.6. The van der Waals surface area contributed by atoms with Crippen LogP contribution in [-0.2, 0) is 33.3 Å². The Balaban J connectivity index is 3.96. The number of allylic oxidation sites excluding steroid dienone is 4. The summed E-state index contributed by atoms with van der Waals surface area (Å²) in [6, 6.07) is 0. The molecule has 9 nitrogen and oxygen atoms in total. The van der Waals surface area contributed by atoms with Crippen LogP contribution in [0.2, 0.25) is 0 Å². The molecule has 9 heteroatoms. The normalized spacial score (nSPS) is 12.7. The Bertz CT molecular complexity index is 1510. The van der Waals surface area contributed by atoms with E-state index in [2.05, 4.69) is 38.2 Å². The van der Waals surface area contributed by atoms with Gasteiger partial charge in [0.2, 0.25) is 0 Å². The molecule has 0 heterocycles. The van der Waals surface area contributed by atoms with Gasteiger partial charge in [-0.1, -0.05) is 378 Å². The van der Waals surface area contributed by atoms with Crippen molar-refractivity contribution in [1.29, 1.82) is 0 Å². The lowest BCUT2D eigenvalue weighted by Crippen LogP contribution is -2.44. The summed E-state index contributed by atoms with van der Waals surface area (Å²) in [5.74, 6) is -2.24. The lowest BCUT2D eigenvalue weighted by Gasteiger charge is -2.26. The van der Waals surface area contributed by atoms with Crippen LogP contribution in [0.5, 0.6) is 0 Å². The zero-order valence-corrected chi connectivity index (χ0v) is 60.3. The maximum absolute atomic E-state index is 13.0. The van der Waals surface area contributed by atoms with E-state index in [0.717, 1.165) is 44.9 Å². The summed E-state index contributed by atoms with van der Waals surface area (Å²) in [4.78, 5) is 37.6. The molecule has 0 spiro atoms. The summed E-state index contributed by atoms with van der Waals surface area (Å²) in [5, 5.41) is 11.8. The van der Waals surface area contributed by atoms with Crippen molar-refractivity contribution >= 4 is 17.9 Å². The SMILES string of the molecule is CCCCCCC/C=C\C/C=C\CCCCCCCCCCCCCCCCCCCCCCCCCCCC(=O)OC(COC(=O)CCCCCCCCCCCCCCCCCCCCCCCCCCCCC)COC(OCC[N+](C)(C)C)C(=O)[O-]. The predicted octanol–water partition coefficient (Wildman–Crippen LogP) is 23.6. The van der Waals surface area contributed by atoms with Crippen molar-refractivity contribution < 1.29 is 42.9 Å². The average Bonchev–Trinajstić information content (AvgIpc) is 3.70. The lowest BCUT2D eigenvalue weighted by molar-refractivity contribution is -0.870. The van der Waals surface area contributed by atoms with Gasteiger partial charge < -0.3 is 33.3 Å². The van der Waals surface area contributed by atoms with Crippen molar-refractivity contribution in [2.45, 2.75) is 424 Å². The fraction of sp³-hybridized carbons (Fsp3) is 0.912. The van der Waals surface area contributed by atoms with E-state index in [-0.39, 0.29) is 32.2 Å². The number of ether oxygens (including phenoxy) is 4. The Kier molecular flexibility index (Phi) is 69.8. The van der Waals surface area contributed by atoms with E-state index in [9.17, 15) is 19.5 Å². The number of carboxylic acids is 1. The highest BCUT2D eigenvalue weighted by molar-refractivity contribution is 5.70. The van der Waals surface area contributed by atoms with E-state index >= 15 is 0 Å². The average molecular weight is 1260 g/mol. The second-order valence-corrected chi connectivity index (χ2v) is 28.4. The maximum atomic E-state index is 13.0. The number of carbonyl (C=O) groups excluding carboxylic acids is 3. The first kappa shape index (κ1) is 86.8. The van der Waals surface area contributed by atoms with Gasteiger partial charge in [-0.05, 0) is 44.9 Å². The molecule has 0 aliphatic carbocycles. The van der Waals surface area contributed by atoms with Gasteiger partial charge in [0, 0.05) is 12.8 Å². The van der Waals surface area contributed by atoms with Crippen LogP contribution in [0, 0.1) is 0 Å². The second-order valence-electron chi connectivity index (χ2n) is 28.4. The highest BCUT2D eigenvalue weighted by atomic mass is 16.7. The molecule has 89 heavy (non-hydrogen) atoms. The third-order valence-electron chi connectivity index (χ3n) is 18.2. The van der Waals surface area contributed by atoms with Crippen LogP contribution in [0.4, 0.5) is 0 Å². The molecule has 0 N–H and O–H groups in total. The molecule has 0 aliphatic heterocycles. The van der Waals surface area contributed by atoms with Gasteiger partial charge in [0.15, 0.2) is 12.4 Å². The minimum Gasteiger partial charge on any atom is -0.545 e. The third kappa shape index (κ3) is 73.1. The summed E-state index contributed by atoms with van der Waals surface area (Å²) < 4.78 is 22.9. The number of likely N-dealkylation sites (N-methyl/N-ethyl adjacent to an activating group) is 1. The molecule has 2 atom stereocenters. The Morgan fingerprint density at radius 1 is 0.337 bits per heavy atom. The van der Waals surface area contributed by atoms with Gasteiger partial charge in [-0.3, -0.25) is 9.59 Å². The fourth-order valence-electron chi connectivity index (χ4n) is 12.2. The maximum Gasteiger partial charge on any atom is 0.306 e. The van der Waals surface area contributed by atoms with Crippen molar-refractivity contribution in [3.63, 3.8) is 0 Å². The highest BCUT2D eigenvalue weighted by Crippen LogP contribution is 2.20. The van der Waals surface area contributed by atoms with Crippen molar-refractivity contribution in [1.82, 2.24) is 0 Å². The summed E-state index contributed by atoms with van der Waals surface area (Å²) >= 11 is 0. The topological polar surface area (TPSA) is 111 Å². The minimum atomic E-state index is -1.62. The summed E-state index contributed by atoms with van der Waals surface area (Å²) in [5.41, 5.74) is 0. The standard InChI is InChI=1S/C80H153NO8/c1-6-8-10-12-14-16-18-20-22-24-26-28-30-32-34-35-36-37-38-39-40-41-42-43-45-47-49-51-53-55-57-59-61-63-65-67-69-71-78(83)89-76(75-88-80(79(84)85)86-73-72-81(3,4)5)74-87-77(82)70-68-66-64-62-60-58-56-54-52-50-48-46-44-33-31-29-27-25-23-21-19-17-15-13-11-9-7-2/h18,20,24,26,76,80H,6-17,19,21-23,25,27-75H2,1-5H3/b20-18-,26-24-. The van der Waals surface area contributed by atoms with Gasteiger partial charge in [-0.25, -0.2) is 0 Å². The number of esters is 2. The van der Waals surface area contributed by atoms with Crippen LogP contribution in [0.25, 0.3) is 0 Å². The van der Waals surface area contributed by atoms with Gasteiger partial charge >= 0.3 is 11.9 Å². The number of quaternary nitrogens is 1. The molecule has 0 aromatic rings. The van der Waals surface area contributed by atoms with Crippen LogP contribution in [-0.4, -0.2) is 82.3 Å². The van der Waals surface area contributed by atoms with Gasteiger partial charge in [0.05, 0.1) is 40.3 Å². The third-order valence-corrected chi connectivity index (χ3v) is 18.2. The molecule has 0 fully saturated rings. The molecule has 0 rings (SSSR count). The van der Waals surface area contributed by atoms with Crippen LogP contribution in [0.3, 0.4) is 0 Å². The largest absolute Gasteiger partial charge is 0.545 e. The Labute approximate surface area is 554 Å². The monoisotopic (exact) mass is 1260 g/mol. The van der Waals surface area contributed by atoms with E-state index < -0.39 is 24.3 Å². The molecule has 0 saturated heterocycles. The van der Waals surface area contributed by atoms with Gasteiger partial charge in [0.1, 0.15) is 13.2 Å². The van der Waals surface area contributed by atoms with Crippen LogP contribution in [0.1, 0.15) is 412 Å². The molecule has 0 radical (unpaired) electrons. The van der Waals surface area contributed by atoms with Crippen molar-refractivity contribution in [2.75, 3.05) is 47.5 Å². The van der Waals surface area contributed by atoms with E-state index in [4.69, 9.17) is 18.9 Å². The van der Waals surface area contributed by atoms with Gasteiger partial charge in [-0.15, -0.1) is 0 Å². The number of nitrogens with zero attached hydrogens (tertiary/aromatic N) is 1. The molecule has 0 aliphatic rings. The van der Waals surface area contributed by atoms with Crippen molar-refractivity contribution in [3.8, 4) is 0 Å². The second kappa shape index (κ2) is 71.6. The van der Waals surface area contributed by atoms with E-state index in [1.165, 1.54) is 340 Å². The van der Waals surface area contributed by atoms with Crippen LogP contribution in [0.15, 0.2) is 24.3 Å². The van der Waals surface area contributed by atoms with Crippen molar-refractivity contribution in [3.05, 3.63) is 24.3 Å². The molecule has 0 amide bonds. The zero-order chi connectivity index (χ0) is 64.7. The molecule has 0 saturated carbocycles. The molecule has 0 aromatic carbocycles. The highest BCUT2D eigenvalue weighted by Gasteiger charge is 2.22. The van der Waals surface area contributed by atoms with E-state index in [0.29, 0.717) is 17.4 Å². The number of hydrogen-bond acceptors (Lipinski definition) is 8. The fourth-order valence-corrected chi connectivity index (χ4v) is 12.2. The van der Waals surface area contributed by atoms with E-state index in [1.807, 2.05) is 21.1 Å². The Morgan fingerprint density at radius 2 is 0.607 bits per heavy atom. The first-order valence-corrected chi connectivity index (χ1v) is 39.5. The molecule has 0 bridgehead atoms. The lowest BCUT2D eigenvalue weighted by atomic mass is 10.0. The van der Waals surface area contributed by atoms with Crippen LogP contribution >= 0.6 is 0 Å². The first-order valence-electron chi connectivity index (χ1n) is 39.5. The molecule has 0 aromatic heterocycles. The molecule has 2 unspecified atom stereocenters. The number of rotatable bonds is 75. The number of carboxylic acid groups (broad SMARTS) is 1. The molecule has 526 valence electrons. The van der Waals surface area contributed by atoms with Gasteiger partial charge in [-0.2, -0.15) is 0 Å². The Morgan fingerprint density at radius 3 is 0.888 bits per heavy atom. The molecular weight excluding hydrogens is 1100 g/mol. The smallest absolute Gasteiger partial charge is 0.306 e. The number of carbonyl (C=O) groups is 3. The number of hydrogen-bond donors (Lipinski definition) is 0. The summed E-state index contributed by atoms with van der Waals surface area (Å²) in [7, 11) is 5.95. The van der Waals surface area contributed by atoms with Crippen molar-refractivity contribution in [2.24, 2.45) is 0 Å². The van der Waals surface area contributed by atoms with E-state index in [1.54, 1.807) is 0 Å².